The number of aryl methyl sites for hydroxylation is 1. The molecule has 0 fully saturated rings. The molecule has 5 nitrogen and oxygen atoms in total. The minimum absolute atomic E-state index is 0.0465. The van der Waals surface area contributed by atoms with E-state index in [1.165, 1.54) is 18.3 Å². The zero-order chi connectivity index (χ0) is 15.2. The second kappa shape index (κ2) is 5.03. The molecule has 1 aliphatic heterocycles. The molecule has 0 aliphatic carbocycles. The molecule has 0 radical (unpaired) electrons. The van der Waals surface area contributed by atoms with Crippen LogP contribution in [0.1, 0.15) is 12.0 Å². The fraction of sp³-hybridized carbons (Fsp3) is 0.364. The van der Waals surface area contributed by atoms with Crippen molar-refractivity contribution < 1.29 is 13.5 Å². The van der Waals surface area contributed by atoms with Gasteiger partial charge in [0.15, 0.2) is 0 Å². The van der Waals surface area contributed by atoms with Crippen molar-refractivity contribution in [3.63, 3.8) is 0 Å². The molecule has 0 saturated carbocycles. The van der Waals surface area contributed by atoms with E-state index in [9.17, 15) is 13.5 Å². The number of rotatable bonds is 2. The van der Waals surface area contributed by atoms with E-state index in [0.717, 1.165) is 5.56 Å². The van der Waals surface area contributed by atoms with Crippen LogP contribution in [-0.4, -0.2) is 33.7 Å². The van der Waals surface area contributed by atoms with Crippen LogP contribution in [-0.2, 0) is 10.0 Å². The molecule has 1 aliphatic rings. The highest BCUT2D eigenvalue weighted by Crippen LogP contribution is 2.46. The van der Waals surface area contributed by atoms with Crippen LogP contribution in [0.15, 0.2) is 34.3 Å². The van der Waals surface area contributed by atoms with Crippen molar-refractivity contribution in [1.82, 2.24) is 4.41 Å². The van der Waals surface area contributed by atoms with Crippen molar-refractivity contribution in [1.29, 1.82) is 0 Å². The van der Waals surface area contributed by atoms with Gasteiger partial charge in [-0.3, -0.25) is 0 Å². The Labute approximate surface area is 131 Å². The van der Waals surface area contributed by atoms with E-state index in [1.807, 2.05) is 6.92 Å². The quantitative estimate of drug-likeness (QED) is 0.826. The minimum Gasteiger partial charge on any atom is -0.365 e. The van der Waals surface area contributed by atoms with Gasteiger partial charge in [0.25, 0.3) is 10.0 Å². The highest BCUT2D eigenvalue weighted by molar-refractivity contribution is 7.89. The van der Waals surface area contributed by atoms with Gasteiger partial charge in [0, 0.05) is 12.6 Å². The predicted molar refractivity (Wildman–Crippen MR) is 78.6 cm³/mol. The van der Waals surface area contributed by atoms with E-state index in [-0.39, 0.29) is 11.3 Å². The third kappa shape index (κ3) is 2.51. The molecule has 1 N–H and O–H groups in total. The molecule has 9 heteroatoms. The zero-order valence-corrected chi connectivity index (χ0v) is 13.4. The summed E-state index contributed by atoms with van der Waals surface area (Å²) in [6.45, 7) is 1.82. The number of nitrogens with zero attached hydrogens (tertiary/aromatic N) is 2. The maximum atomic E-state index is 12.5. The summed E-state index contributed by atoms with van der Waals surface area (Å²) in [7, 11) is -4.11. The van der Waals surface area contributed by atoms with Crippen LogP contribution in [0.4, 0.5) is 0 Å². The Balaban J connectivity index is 2.49. The number of hydrazone groups is 1. The summed E-state index contributed by atoms with van der Waals surface area (Å²) in [6, 6.07) is 6.05. The molecule has 110 valence electrons. The van der Waals surface area contributed by atoms with Crippen molar-refractivity contribution in [2.45, 2.75) is 27.8 Å². The molecule has 1 aromatic rings. The molecule has 1 atom stereocenters. The van der Waals surface area contributed by atoms with Gasteiger partial charge in [0.1, 0.15) is 0 Å². The van der Waals surface area contributed by atoms with Gasteiger partial charge in [-0.1, -0.05) is 52.5 Å². The number of hydrogen-bond donors (Lipinski definition) is 1. The Morgan fingerprint density at radius 3 is 2.35 bits per heavy atom. The molecular formula is C11H11Cl3N2O3S. The summed E-state index contributed by atoms with van der Waals surface area (Å²) < 4.78 is 23.2. The summed E-state index contributed by atoms with van der Waals surface area (Å²) in [4.78, 5) is -0.0465. The first-order chi connectivity index (χ1) is 9.09. The van der Waals surface area contributed by atoms with Gasteiger partial charge in [-0.05, 0) is 19.1 Å². The van der Waals surface area contributed by atoms with E-state index in [1.54, 1.807) is 12.1 Å². The number of halogens is 3. The summed E-state index contributed by atoms with van der Waals surface area (Å²) >= 11 is 17.1. The minimum atomic E-state index is -4.11. The topological polar surface area (TPSA) is 70.0 Å². The molecule has 0 saturated heterocycles. The summed E-state index contributed by atoms with van der Waals surface area (Å²) in [5.74, 6) is 0. The van der Waals surface area contributed by atoms with Crippen LogP contribution in [0.3, 0.4) is 0 Å². The molecule has 1 aromatic carbocycles. The lowest BCUT2D eigenvalue weighted by molar-refractivity contribution is -0.0381. The maximum absolute atomic E-state index is 12.5. The fourth-order valence-electron chi connectivity index (χ4n) is 1.71. The average molecular weight is 358 g/mol. The lowest BCUT2D eigenvalue weighted by atomic mass is 10.2. The number of sulfonamides is 1. The molecule has 1 unspecified atom stereocenters. The van der Waals surface area contributed by atoms with Gasteiger partial charge in [0.05, 0.1) is 4.90 Å². The van der Waals surface area contributed by atoms with Gasteiger partial charge in [-0.25, -0.2) is 0 Å². The molecule has 0 spiro atoms. The summed E-state index contributed by atoms with van der Waals surface area (Å²) in [5.41, 5.74) is -1.35. The van der Waals surface area contributed by atoms with E-state index < -0.39 is 19.5 Å². The first-order valence-corrected chi connectivity index (χ1v) is 8.10. The standard InChI is InChI=1S/C11H11Cl3N2O3S/c1-8-2-4-9(5-3-8)20(18,19)16-10(17,6-7-15-16)11(12,13)14/h2-5,7,17H,6H2,1H3. The van der Waals surface area contributed by atoms with E-state index in [2.05, 4.69) is 5.10 Å². The molecule has 2 rings (SSSR count). The third-order valence-corrected chi connectivity index (χ3v) is 5.51. The Morgan fingerprint density at radius 2 is 1.85 bits per heavy atom. The molecule has 0 aromatic heterocycles. The molecule has 0 amide bonds. The molecule has 0 bridgehead atoms. The van der Waals surface area contributed by atoms with Gasteiger partial charge in [0.2, 0.25) is 9.52 Å². The highest BCUT2D eigenvalue weighted by atomic mass is 35.6. The van der Waals surface area contributed by atoms with Gasteiger partial charge >= 0.3 is 0 Å². The van der Waals surface area contributed by atoms with Gasteiger partial charge < -0.3 is 5.11 Å². The second-order valence-corrected chi connectivity index (χ2v) is 8.43. The predicted octanol–water partition coefficient (Wildman–Crippen LogP) is 2.43. The zero-order valence-electron chi connectivity index (χ0n) is 10.3. The number of aliphatic hydroxyl groups is 1. The smallest absolute Gasteiger partial charge is 0.281 e. The van der Waals surface area contributed by atoms with Crippen LogP contribution in [0.5, 0.6) is 0 Å². The molecular weight excluding hydrogens is 347 g/mol. The number of benzene rings is 1. The lowest BCUT2D eigenvalue weighted by Crippen LogP contribution is -2.54. The molecule has 1 heterocycles. The van der Waals surface area contributed by atoms with Crippen LogP contribution < -0.4 is 0 Å². The Bertz CT molecular complexity index is 640. The summed E-state index contributed by atoms with van der Waals surface area (Å²) in [6.07, 6.45) is 0.974. The highest BCUT2D eigenvalue weighted by Gasteiger charge is 2.58. The van der Waals surface area contributed by atoms with Crippen LogP contribution in [0, 0.1) is 6.92 Å². The maximum Gasteiger partial charge on any atom is 0.281 e. The number of alkyl halides is 3. The average Bonchev–Trinajstić information content (AvgIpc) is 2.73. The largest absolute Gasteiger partial charge is 0.365 e. The number of hydrogen-bond acceptors (Lipinski definition) is 4. The van der Waals surface area contributed by atoms with Crippen LogP contribution >= 0.6 is 34.8 Å². The van der Waals surface area contributed by atoms with E-state index >= 15 is 0 Å². The normalized spacial score (nSPS) is 23.4. The van der Waals surface area contributed by atoms with Gasteiger partial charge in [-0.15, -0.1) is 4.41 Å². The lowest BCUT2D eigenvalue weighted by Gasteiger charge is -2.36. The van der Waals surface area contributed by atoms with Crippen molar-refractivity contribution in [3.8, 4) is 0 Å². The first kappa shape index (κ1) is 15.9. The Hall–Kier alpha value is -0.530. The van der Waals surface area contributed by atoms with Crippen molar-refractivity contribution >= 4 is 51.0 Å². The fourth-order valence-corrected chi connectivity index (χ4v) is 3.81. The first-order valence-electron chi connectivity index (χ1n) is 5.53. The van der Waals surface area contributed by atoms with E-state index in [0.29, 0.717) is 4.41 Å². The van der Waals surface area contributed by atoms with E-state index in [4.69, 9.17) is 34.8 Å². The van der Waals surface area contributed by atoms with Crippen molar-refractivity contribution in [2.75, 3.05) is 0 Å². The third-order valence-electron chi connectivity index (χ3n) is 2.88. The van der Waals surface area contributed by atoms with Crippen molar-refractivity contribution in [3.05, 3.63) is 29.8 Å². The molecule has 20 heavy (non-hydrogen) atoms. The van der Waals surface area contributed by atoms with Crippen LogP contribution in [0.25, 0.3) is 0 Å². The van der Waals surface area contributed by atoms with Crippen molar-refractivity contribution in [2.24, 2.45) is 5.10 Å². The Kier molecular flexibility index (Phi) is 3.99. The SMILES string of the molecule is Cc1ccc(S(=O)(=O)N2N=CCC2(O)C(Cl)(Cl)Cl)cc1. The monoisotopic (exact) mass is 356 g/mol. The van der Waals surface area contributed by atoms with Crippen LogP contribution in [0.2, 0.25) is 0 Å². The summed E-state index contributed by atoms with van der Waals surface area (Å²) in [5, 5.41) is 14.0. The van der Waals surface area contributed by atoms with Gasteiger partial charge in [-0.2, -0.15) is 13.5 Å². The second-order valence-electron chi connectivity index (χ2n) is 4.38. The Morgan fingerprint density at radius 1 is 1.30 bits per heavy atom.